The molecule has 84 valence electrons. The zero-order chi connectivity index (χ0) is 10.4. The van der Waals surface area contributed by atoms with Crippen LogP contribution in [0.2, 0.25) is 0 Å². The summed E-state index contributed by atoms with van der Waals surface area (Å²) in [5.41, 5.74) is 0. The lowest BCUT2D eigenvalue weighted by Gasteiger charge is -2.31. The normalized spacial score (nSPS) is 28.3. The second-order valence-corrected chi connectivity index (χ2v) is 4.81. The summed E-state index contributed by atoms with van der Waals surface area (Å²) in [5, 5.41) is 3.80. The molecular weight excluding hydrogens is 170 g/mol. The van der Waals surface area contributed by atoms with Crippen LogP contribution in [-0.4, -0.2) is 12.1 Å². The van der Waals surface area contributed by atoms with Gasteiger partial charge in [-0.2, -0.15) is 0 Å². The van der Waals surface area contributed by atoms with Gasteiger partial charge in [-0.1, -0.05) is 27.2 Å². The molecule has 0 atom stereocenters. The zero-order valence-corrected chi connectivity index (χ0v) is 10.2. The molecule has 0 aliphatic heterocycles. The molecule has 0 heterocycles. The highest BCUT2D eigenvalue weighted by molar-refractivity contribution is 4.79. The summed E-state index contributed by atoms with van der Waals surface area (Å²) < 4.78 is 0. The van der Waals surface area contributed by atoms with Crippen molar-refractivity contribution in [1.29, 1.82) is 0 Å². The third kappa shape index (κ3) is 3.61. The van der Waals surface area contributed by atoms with Crippen molar-refractivity contribution in [2.45, 2.75) is 77.8 Å². The Hall–Kier alpha value is -0.0400. The van der Waals surface area contributed by atoms with Gasteiger partial charge in [0.25, 0.3) is 0 Å². The maximum atomic E-state index is 3.80. The Morgan fingerprint density at radius 2 is 1.57 bits per heavy atom. The SMILES string of the molecule is CCC1CCC(NC(CC)CC)CC1. The molecular formula is C13H27N. The van der Waals surface area contributed by atoms with Crippen molar-refractivity contribution in [3.8, 4) is 0 Å². The van der Waals surface area contributed by atoms with Gasteiger partial charge in [0.1, 0.15) is 0 Å². The van der Waals surface area contributed by atoms with E-state index in [9.17, 15) is 0 Å². The van der Waals surface area contributed by atoms with Gasteiger partial charge in [0.05, 0.1) is 0 Å². The van der Waals surface area contributed by atoms with Gasteiger partial charge in [-0.05, 0) is 44.4 Å². The molecule has 0 bridgehead atoms. The summed E-state index contributed by atoms with van der Waals surface area (Å²) in [6.07, 6.45) is 9.68. The second kappa shape index (κ2) is 6.44. The predicted molar refractivity (Wildman–Crippen MR) is 63.5 cm³/mol. The fraction of sp³-hybridized carbons (Fsp3) is 1.00. The van der Waals surface area contributed by atoms with Gasteiger partial charge < -0.3 is 5.32 Å². The Balaban J connectivity index is 2.21. The standard InChI is InChI=1S/C13H27N/c1-4-11-7-9-13(10-8-11)14-12(5-2)6-3/h11-14H,4-10H2,1-3H3. The van der Waals surface area contributed by atoms with Crippen molar-refractivity contribution in [2.75, 3.05) is 0 Å². The lowest BCUT2D eigenvalue weighted by atomic mass is 9.84. The second-order valence-electron chi connectivity index (χ2n) is 4.81. The number of hydrogen-bond donors (Lipinski definition) is 1. The van der Waals surface area contributed by atoms with Gasteiger partial charge in [-0.25, -0.2) is 0 Å². The maximum absolute atomic E-state index is 3.80. The Morgan fingerprint density at radius 1 is 1.00 bits per heavy atom. The Bertz CT molecular complexity index is 132. The molecule has 0 radical (unpaired) electrons. The van der Waals surface area contributed by atoms with Crippen LogP contribution in [0.3, 0.4) is 0 Å². The Morgan fingerprint density at radius 3 is 2.00 bits per heavy atom. The highest BCUT2D eigenvalue weighted by atomic mass is 14.9. The van der Waals surface area contributed by atoms with Gasteiger partial charge in [0.15, 0.2) is 0 Å². The third-order valence-corrected chi connectivity index (χ3v) is 3.88. The predicted octanol–water partition coefficient (Wildman–Crippen LogP) is 3.73. The topological polar surface area (TPSA) is 12.0 Å². The summed E-state index contributed by atoms with van der Waals surface area (Å²) >= 11 is 0. The monoisotopic (exact) mass is 197 g/mol. The molecule has 1 fully saturated rings. The molecule has 0 aromatic heterocycles. The van der Waals surface area contributed by atoms with Gasteiger partial charge in [0.2, 0.25) is 0 Å². The van der Waals surface area contributed by atoms with Gasteiger partial charge in [-0.3, -0.25) is 0 Å². The summed E-state index contributed by atoms with van der Waals surface area (Å²) in [4.78, 5) is 0. The van der Waals surface area contributed by atoms with E-state index in [1.165, 1.54) is 44.9 Å². The first-order valence-corrected chi connectivity index (χ1v) is 6.56. The Kier molecular flexibility index (Phi) is 5.54. The minimum atomic E-state index is 0.762. The van der Waals surface area contributed by atoms with Crippen LogP contribution in [0.15, 0.2) is 0 Å². The van der Waals surface area contributed by atoms with Crippen molar-refractivity contribution in [3.63, 3.8) is 0 Å². The fourth-order valence-corrected chi connectivity index (χ4v) is 2.60. The first-order chi connectivity index (χ1) is 6.80. The van der Waals surface area contributed by atoms with Crippen molar-refractivity contribution >= 4 is 0 Å². The summed E-state index contributed by atoms with van der Waals surface area (Å²) in [6.45, 7) is 6.91. The quantitative estimate of drug-likeness (QED) is 0.708. The van der Waals surface area contributed by atoms with E-state index in [0.29, 0.717) is 0 Å². The largest absolute Gasteiger partial charge is 0.311 e. The van der Waals surface area contributed by atoms with E-state index in [2.05, 4.69) is 26.1 Å². The first-order valence-electron chi connectivity index (χ1n) is 6.56. The molecule has 0 spiro atoms. The van der Waals surface area contributed by atoms with Crippen LogP contribution in [0.25, 0.3) is 0 Å². The van der Waals surface area contributed by atoms with E-state index in [1.54, 1.807) is 0 Å². The van der Waals surface area contributed by atoms with Crippen LogP contribution in [0.1, 0.15) is 65.7 Å². The molecule has 0 amide bonds. The van der Waals surface area contributed by atoms with Gasteiger partial charge >= 0.3 is 0 Å². The van der Waals surface area contributed by atoms with E-state index in [-0.39, 0.29) is 0 Å². The zero-order valence-electron chi connectivity index (χ0n) is 10.2. The highest BCUT2D eigenvalue weighted by Crippen LogP contribution is 2.26. The summed E-state index contributed by atoms with van der Waals surface area (Å²) in [6, 6.07) is 1.58. The summed E-state index contributed by atoms with van der Waals surface area (Å²) in [7, 11) is 0. The molecule has 0 aromatic rings. The lowest BCUT2D eigenvalue weighted by molar-refractivity contribution is 0.264. The minimum Gasteiger partial charge on any atom is -0.311 e. The van der Waals surface area contributed by atoms with Crippen molar-refractivity contribution in [3.05, 3.63) is 0 Å². The average Bonchev–Trinajstić information content (AvgIpc) is 2.26. The van der Waals surface area contributed by atoms with E-state index >= 15 is 0 Å². The Labute approximate surface area is 89.7 Å². The molecule has 1 aliphatic carbocycles. The number of nitrogens with one attached hydrogen (secondary N) is 1. The lowest BCUT2D eigenvalue weighted by Crippen LogP contribution is -2.39. The molecule has 1 nitrogen and oxygen atoms in total. The van der Waals surface area contributed by atoms with Crippen LogP contribution in [0.4, 0.5) is 0 Å². The first kappa shape index (κ1) is 12.0. The molecule has 1 saturated carbocycles. The number of rotatable bonds is 5. The van der Waals surface area contributed by atoms with Crippen LogP contribution in [0.5, 0.6) is 0 Å². The maximum Gasteiger partial charge on any atom is 0.00698 e. The van der Waals surface area contributed by atoms with Crippen molar-refractivity contribution in [1.82, 2.24) is 5.32 Å². The molecule has 0 aromatic carbocycles. The van der Waals surface area contributed by atoms with E-state index in [0.717, 1.165) is 18.0 Å². The molecule has 14 heavy (non-hydrogen) atoms. The van der Waals surface area contributed by atoms with Crippen LogP contribution >= 0.6 is 0 Å². The molecule has 1 rings (SSSR count). The summed E-state index contributed by atoms with van der Waals surface area (Å²) in [5.74, 6) is 1.02. The number of hydrogen-bond acceptors (Lipinski definition) is 1. The van der Waals surface area contributed by atoms with Gasteiger partial charge in [-0.15, -0.1) is 0 Å². The van der Waals surface area contributed by atoms with Crippen LogP contribution < -0.4 is 5.32 Å². The molecule has 0 unspecified atom stereocenters. The smallest absolute Gasteiger partial charge is 0.00698 e. The third-order valence-electron chi connectivity index (χ3n) is 3.88. The molecule has 0 saturated heterocycles. The van der Waals surface area contributed by atoms with E-state index in [1.807, 2.05) is 0 Å². The molecule has 1 heteroatoms. The van der Waals surface area contributed by atoms with Crippen molar-refractivity contribution < 1.29 is 0 Å². The van der Waals surface area contributed by atoms with E-state index in [4.69, 9.17) is 0 Å². The molecule has 1 aliphatic rings. The van der Waals surface area contributed by atoms with Crippen LogP contribution in [-0.2, 0) is 0 Å². The average molecular weight is 197 g/mol. The van der Waals surface area contributed by atoms with E-state index < -0.39 is 0 Å². The van der Waals surface area contributed by atoms with Crippen LogP contribution in [0, 0.1) is 5.92 Å². The van der Waals surface area contributed by atoms with Gasteiger partial charge in [0, 0.05) is 12.1 Å². The fourth-order valence-electron chi connectivity index (χ4n) is 2.60. The van der Waals surface area contributed by atoms with Crippen molar-refractivity contribution in [2.24, 2.45) is 5.92 Å². The highest BCUT2D eigenvalue weighted by Gasteiger charge is 2.20. The molecule has 1 N–H and O–H groups in total. The minimum absolute atomic E-state index is 0.762.